The molecule has 1 N–H and O–H groups in total. The molecule has 0 aliphatic carbocycles. The molecule has 0 saturated heterocycles. The highest BCUT2D eigenvalue weighted by molar-refractivity contribution is 7.92. The average Bonchev–Trinajstić information content (AvgIpc) is 2.54. The van der Waals surface area contributed by atoms with E-state index in [1.165, 1.54) is 18.2 Å². The first-order valence-corrected chi connectivity index (χ1v) is 9.69. The number of aryl methyl sites for hydroxylation is 2. The first-order chi connectivity index (χ1) is 11.7. The summed E-state index contributed by atoms with van der Waals surface area (Å²) in [7, 11) is -3.69. The van der Waals surface area contributed by atoms with E-state index in [1.807, 2.05) is 19.1 Å². The Morgan fingerprint density at radius 3 is 2.44 bits per heavy atom. The number of hydrogen-bond acceptors (Lipinski definition) is 3. The molecule has 0 fully saturated rings. The Labute approximate surface area is 147 Å². The Morgan fingerprint density at radius 2 is 1.84 bits per heavy atom. The summed E-state index contributed by atoms with van der Waals surface area (Å²) in [5.41, 5.74) is 2.09. The maximum absolute atomic E-state index is 13.7. The lowest BCUT2D eigenvalue weighted by molar-refractivity contribution is -0.114. The minimum Gasteiger partial charge on any atom is -0.322 e. The van der Waals surface area contributed by atoms with Gasteiger partial charge in [-0.2, -0.15) is 0 Å². The molecule has 1 amide bonds. The number of para-hydroxylation sites is 2. The highest BCUT2D eigenvalue weighted by atomic mass is 32.2. The molecule has 25 heavy (non-hydrogen) atoms. The fourth-order valence-electron chi connectivity index (χ4n) is 2.61. The van der Waals surface area contributed by atoms with Gasteiger partial charge in [-0.25, -0.2) is 12.8 Å². The molecule has 2 aromatic rings. The molecule has 5 nitrogen and oxygen atoms in total. The molecule has 134 valence electrons. The van der Waals surface area contributed by atoms with Gasteiger partial charge in [-0.15, -0.1) is 0 Å². The van der Waals surface area contributed by atoms with Crippen LogP contribution in [0.3, 0.4) is 0 Å². The minimum absolute atomic E-state index is 0.0152. The Balaban J connectivity index is 2.35. The topological polar surface area (TPSA) is 66.5 Å². The SMILES string of the molecule is CCc1cccc(C)c1N(CC(=O)Nc1ccccc1F)S(C)(=O)=O. The molecule has 2 rings (SSSR count). The molecule has 0 saturated carbocycles. The van der Waals surface area contributed by atoms with Crippen LogP contribution in [-0.2, 0) is 21.2 Å². The van der Waals surface area contributed by atoms with Crippen molar-refractivity contribution in [2.24, 2.45) is 0 Å². The first-order valence-electron chi connectivity index (χ1n) is 7.84. The van der Waals surface area contributed by atoms with E-state index in [-0.39, 0.29) is 5.69 Å². The Hall–Kier alpha value is -2.41. The number of rotatable bonds is 6. The number of carbonyl (C=O) groups excluding carboxylic acids is 1. The molecular weight excluding hydrogens is 343 g/mol. The molecule has 0 spiro atoms. The van der Waals surface area contributed by atoms with Gasteiger partial charge in [-0.1, -0.05) is 37.3 Å². The van der Waals surface area contributed by atoms with Gasteiger partial charge < -0.3 is 5.32 Å². The van der Waals surface area contributed by atoms with E-state index in [9.17, 15) is 17.6 Å². The number of amides is 1. The summed E-state index contributed by atoms with van der Waals surface area (Å²) in [6.45, 7) is 3.28. The molecule has 2 aromatic carbocycles. The summed E-state index contributed by atoms with van der Waals surface area (Å²) < 4.78 is 39.3. The standard InChI is InChI=1S/C18H21FN2O3S/c1-4-14-9-7-8-13(2)18(14)21(25(3,23)24)12-17(22)20-16-11-6-5-10-15(16)19/h5-11H,4,12H2,1-3H3,(H,20,22). The molecule has 7 heteroatoms. The predicted molar refractivity (Wildman–Crippen MR) is 97.8 cm³/mol. The van der Waals surface area contributed by atoms with Crippen LogP contribution in [0.5, 0.6) is 0 Å². The smallest absolute Gasteiger partial charge is 0.245 e. The highest BCUT2D eigenvalue weighted by Crippen LogP contribution is 2.28. The van der Waals surface area contributed by atoms with Crippen LogP contribution in [0.25, 0.3) is 0 Å². The van der Waals surface area contributed by atoms with Crippen molar-refractivity contribution in [3.63, 3.8) is 0 Å². The molecular formula is C18H21FN2O3S. The number of halogens is 1. The van der Waals surface area contributed by atoms with Gasteiger partial charge in [-0.05, 0) is 36.6 Å². The van der Waals surface area contributed by atoms with Crippen molar-refractivity contribution in [1.82, 2.24) is 0 Å². The van der Waals surface area contributed by atoms with Crippen molar-refractivity contribution in [2.45, 2.75) is 20.3 Å². The number of carbonyl (C=O) groups is 1. The fraction of sp³-hybridized carbons (Fsp3) is 0.278. The summed E-state index contributed by atoms with van der Waals surface area (Å²) >= 11 is 0. The van der Waals surface area contributed by atoms with Gasteiger partial charge in [0, 0.05) is 0 Å². The van der Waals surface area contributed by atoms with Crippen LogP contribution < -0.4 is 9.62 Å². The normalized spacial score (nSPS) is 11.2. The second-order valence-electron chi connectivity index (χ2n) is 5.73. The van der Waals surface area contributed by atoms with Crippen LogP contribution in [0.2, 0.25) is 0 Å². The minimum atomic E-state index is -3.69. The van der Waals surface area contributed by atoms with E-state index in [0.717, 1.165) is 21.7 Å². The van der Waals surface area contributed by atoms with Crippen molar-refractivity contribution in [3.8, 4) is 0 Å². The van der Waals surface area contributed by atoms with Crippen LogP contribution >= 0.6 is 0 Å². The van der Waals surface area contributed by atoms with Crippen LogP contribution in [0.1, 0.15) is 18.1 Å². The molecule has 0 aromatic heterocycles. The van der Waals surface area contributed by atoms with E-state index in [4.69, 9.17) is 0 Å². The van der Waals surface area contributed by atoms with E-state index in [0.29, 0.717) is 12.1 Å². The third kappa shape index (κ3) is 4.57. The number of anilines is 2. The zero-order valence-electron chi connectivity index (χ0n) is 14.4. The van der Waals surface area contributed by atoms with Gasteiger partial charge in [0.05, 0.1) is 17.6 Å². The van der Waals surface area contributed by atoms with Crippen molar-refractivity contribution < 1.29 is 17.6 Å². The van der Waals surface area contributed by atoms with Crippen molar-refractivity contribution in [2.75, 3.05) is 22.4 Å². The molecule has 0 aliphatic rings. The van der Waals surface area contributed by atoms with Gasteiger partial charge in [0.2, 0.25) is 15.9 Å². The Morgan fingerprint density at radius 1 is 1.16 bits per heavy atom. The summed E-state index contributed by atoms with van der Waals surface area (Å²) in [5.74, 6) is -1.19. The van der Waals surface area contributed by atoms with Crippen LogP contribution in [0.4, 0.5) is 15.8 Å². The molecule has 0 atom stereocenters. The predicted octanol–water partition coefficient (Wildman–Crippen LogP) is 3.10. The lowest BCUT2D eigenvalue weighted by Gasteiger charge is -2.26. The number of nitrogens with zero attached hydrogens (tertiary/aromatic N) is 1. The van der Waals surface area contributed by atoms with E-state index in [2.05, 4.69) is 5.32 Å². The quantitative estimate of drug-likeness (QED) is 0.856. The molecule has 0 unspecified atom stereocenters. The van der Waals surface area contributed by atoms with Crippen LogP contribution in [0.15, 0.2) is 42.5 Å². The van der Waals surface area contributed by atoms with Gasteiger partial charge >= 0.3 is 0 Å². The first kappa shape index (κ1) is 18.9. The molecule has 0 bridgehead atoms. The van der Waals surface area contributed by atoms with E-state index < -0.39 is 28.3 Å². The largest absolute Gasteiger partial charge is 0.322 e. The maximum atomic E-state index is 13.7. The molecule has 0 aliphatic heterocycles. The summed E-state index contributed by atoms with van der Waals surface area (Å²) in [6, 6.07) is 11.2. The number of nitrogens with one attached hydrogen (secondary N) is 1. The zero-order chi connectivity index (χ0) is 18.6. The fourth-order valence-corrected chi connectivity index (χ4v) is 3.55. The third-order valence-electron chi connectivity index (χ3n) is 3.79. The summed E-state index contributed by atoms with van der Waals surface area (Å²) in [6.07, 6.45) is 1.67. The van der Waals surface area contributed by atoms with Crippen molar-refractivity contribution in [1.29, 1.82) is 0 Å². The Bertz CT molecular complexity index is 882. The second-order valence-corrected chi connectivity index (χ2v) is 7.64. The van der Waals surface area contributed by atoms with Crippen molar-refractivity contribution in [3.05, 3.63) is 59.4 Å². The number of benzene rings is 2. The lowest BCUT2D eigenvalue weighted by atomic mass is 10.1. The molecule has 0 heterocycles. The highest BCUT2D eigenvalue weighted by Gasteiger charge is 2.24. The van der Waals surface area contributed by atoms with Crippen LogP contribution in [0, 0.1) is 12.7 Å². The monoisotopic (exact) mass is 364 g/mol. The number of hydrogen-bond donors (Lipinski definition) is 1. The average molecular weight is 364 g/mol. The molecule has 0 radical (unpaired) electrons. The van der Waals surface area contributed by atoms with E-state index >= 15 is 0 Å². The maximum Gasteiger partial charge on any atom is 0.245 e. The summed E-state index contributed by atoms with van der Waals surface area (Å²) in [5, 5.41) is 2.42. The van der Waals surface area contributed by atoms with Gasteiger partial charge in [0.25, 0.3) is 0 Å². The van der Waals surface area contributed by atoms with Gasteiger partial charge in [-0.3, -0.25) is 9.10 Å². The zero-order valence-corrected chi connectivity index (χ0v) is 15.2. The van der Waals surface area contributed by atoms with Gasteiger partial charge in [0.15, 0.2) is 0 Å². The lowest BCUT2D eigenvalue weighted by Crippen LogP contribution is -2.38. The van der Waals surface area contributed by atoms with Crippen molar-refractivity contribution >= 4 is 27.3 Å². The second kappa shape index (κ2) is 7.65. The number of sulfonamides is 1. The van der Waals surface area contributed by atoms with Gasteiger partial charge in [0.1, 0.15) is 12.4 Å². The third-order valence-corrected chi connectivity index (χ3v) is 4.90. The van der Waals surface area contributed by atoms with Crippen LogP contribution in [-0.4, -0.2) is 27.1 Å². The summed E-state index contributed by atoms with van der Waals surface area (Å²) in [4.78, 5) is 12.3. The Kier molecular flexibility index (Phi) is 5.79. The van der Waals surface area contributed by atoms with E-state index in [1.54, 1.807) is 19.1 Å².